The minimum atomic E-state index is -0.219. The molecule has 19 heavy (non-hydrogen) atoms. The average Bonchev–Trinajstić information content (AvgIpc) is 2.81. The number of aromatic nitrogens is 1. The van der Waals surface area contributed by atoms with Crippen LogP contribution in [0, 0.1) is 0 Å². The van der Waals surface area contributed by atoms with E-state index in [1.807, 2.05) is 44.3 Å². The number of hydrogen-bond acceptors (Lipinski definition) is 3. The predicted octanol–water partition coefficient (Wildman–Crippen LogP) is 2.53. The Balaban J connectivity index is 2.20. The molecule has 0 aliphatic rings. The quantitative estimate of drug-likeness (QED) is 0.781. The number of hydrogen-bond donors (Lipinski definition) is 1. The minimum absolute atomic E-state index is 0.0711. The standard InChI is InChI=1S/C15H21NO3/c1-3-18-15(19-4-2)10-16-8-7-13-9-12(11-17)5-6-14(13)16/h5-9,15,17H,3-4,10-11H2,1-2H3. The van der Waals surface area contributed by atoms with E-state index in [1.54, 1.807) is 0 Å². The maximum atomic E-state index is 9.14. The van der Waals surface area contributed by atoms with Gasteiger partial charge in [0, 0.05) is 24.9 Å². The van der Waals surface area contributed by atoms with Crippen molar-refractivity contribution in [2.24, 2.45) is 0 Å². The molecule has 4 nitrogen and oxygen atoms in total. The van der Waals surface area contributed by atoms with Crippen molar-refractivity contribution in [3.8, 4) is 0 Å². The van der Waals surface area contributed by atoms with E-state index in [-0.39, 0.29) is 12.9 Å². The Kier molecular flexibility index (Phi) is 4.96. The van der Waals surface area contributed by atoms with E-state index in [0.29, 0.717) is 19.8 Å². The molecule has 2 aromatic rings. The summed E-state index contributed by atoms with van der Waals surface area (Å²) in [4.78, 5) is 0. The van der Waals surface area contributed by atoms with Gasteiger partial charge in [0.05, 0.1) is 13.2 Å². The molecule has 0 atom stereocenters. The van der Waals surface area contributed by atoms with Crippen molar-refractivity contribution in [1.29, 1.82) is 0 Å². The summed E-state index contributed by atoms with van der Waals surface area (Å²) in [5.41, 5.74) is 2.05. The summed E-state index contributed by atoms with van der Waals surface area (Å²) in [6, 6.07) is 8.01. The number of aliphatic hydroxyl groups excluding tert-OH is 1. The van der Waals surface area contributed by atoms with Gasteiger partial charge in [-0.1, -0.05) is 6.07 Å². The molecule has 1 aromatic carbocycles. The molecule has 0 saturated carbocycles. The van der Waals surface area contributed by atoms with Gasteiger partial charge in [0.15, 0.2) is 6.29 Å². The van der Waals surface area contributed by atoms with Crippen LogP contribution in [0.25, 0.3) is 10.9 Å². The summed E-state index contributed by atoms with van der Waals surface area (Å²) < 4.78 is 13.3. The van der Waals surface area contributed by atoms with E-state index in [2.05, 4.69) is 4.57 Å². The second-order valence-electron chi connectivity index (χ2n) is 4.36. The maximum absolute atomic E-state index is 9.14. The summed E-state index contributed by atoms with van der Waals surface area (Å²) in [5.74, 6) is 0. The summed E-state index contributed by atoms with van der Waals surface area (Å²) >= 11 is 0. The lowest BCUT2D eigenvalue weighted by Crippen LogP contribution is -2.23. The predicted molar refractivity (Wildman–Crippen MR) is 74.9 cm³/mol. The Labute approximate surface area is 113 Å². The smallest absolute Gasteiger partial charge is 0.175 e. The van der Waals surface area contributed by atoms with Crippen molar-refractivity contribution in [3.63, 3.8) is 0 Å². The van der Waals surface area contributed by atoms with Crippen LogP contribution in [0.15, 0.2) is 30.5 Å². The molecule has 0 spiro atoms. The Hall–Kier alpha value is -1.36. The van der Waals surface area contributed by atoms with E-state index in [1.165, 1.54) is 0 Å². The molecule has 0 radical (unpaired) electrons. The number of ether oxygens (including phenoxy) is 2. The van der Waals surface area contributed by atoms with Gasteiger partial charge in [-0.15, -0.1) is 0 Å². The van der Waals surface area contributed by atoms with E-state index in [9.17, 15) is 0 Å². The van der Waals surface area contributed by atoms with Crippen molar-refractivity contribution in [3.05, 3.63) is 36.0 Å². The Morgan fingerprint density at radius 1 is 1.16 bits per heavy atom. The topological polar surface area (TPSA) is 43.6 Å². The molecule has 0 fully saturated rings. The first kappa shape index (κ1) is 14.1. The zero-order valence-corrected chi connectivity index (χ0v) is 11.5. The van der Waals surface area contributed by atoms with E-state index >= 15 is 0 Å². The van der Waals surface area contributed by atoms with Crippen LogP contribution in [0.1, 0.15) is 19.4 Å². The van der Waals surface area contributed by atoms with Crippen LogP contribution in [0.3, 0.4) is 0 Å². The van der Waals surface area contributed by atoms with Crippen molar-refractivity contribution in [2.45, 2.75) is 33.3 Å². The lowest BCUT2D eigenvalue weighted by molar-refractivity contribution is -0.143. The Morgan fingerprint density at radius 2 is 1.89 bits per heavy atom. The molecule has 0 aliphatic carbocycles. The SMILES string of the molecule is CCOC(Cn1ccc2cc(CO)ccc21)OCC. The monoisotopic (exact) mass is 263 g/mol. The molecule has 0 amide bonds. The highest BCUT2D eigenvalue weighted by atomic mass is 16.7. The van der Waals surface area contributed by atoms with E-state index in [0.717, 1.165) is 16.5 Å². The third-order valence-corrected chi connectivity index (χ3v) is 3.07. The van der Waals surface area contributed by atoms with Crippen molar-refractivity contribution in [1.82, 2.24) is 4.57 Å². The van der Waals surface area contributed by atoms with Crippen LogP contribution in [0.5, 0.6) is 0 Å². The number of aliphatic hydroxyl groups is 1. The first-order valence-electron chi connectivity index (χ1n) is 6.70. The van der Waals surface area contributed by atoms with Crippen molar-refractivity contribution in [2.75, 3.05) is 13.2 Å². The number of fused-ring (bicyclic) bond motifs is 1. The fourth-order valence-electron chi connectivity index (χ4n) is 2.19. The molecular weight excluding hydrogens is 242 g/mol. The summed E-state index contributed by atoms with van der Waals surface area (Å²) in [6.45, 7) is 5.95. The zero-order chi connectivity index (χ0) is 13.7. The fraction of sp³-hybridized carbons (Fsp3) is 0.467. The molecule has 0 aliphatic heterocycles. The molecule has 0 unspecified atom stereocenters. The highest BCUT2D eigenvalue weighted by Gasteiger charge is 2.10. The highest BCUT2D eigenvalue weighted by molar-refractivity contribution is 5.80. The molecule has 0 saturated heterocycles. The molecule has 4 heteroatoms. The molecule has 0 bridgehead atoms. The van der Waals surface area contributed by atoms with Crippen LogP contribution in [0.4, 0.5) is 0 Å². The van der Waals surface area contributed by atoms with Crippen LogP contribution in [-0.4, -0.2) is 29.2 Å². The third-order valence-electron chi connectivity index (χ3n) is 3.07. The molecule has 104 valence electrons. The summed E-state index contributed by atoms with van der Waals surface area (Å²) in [6.07, 6.45) is 1.81. The van der Waals surface area contributed by atoms with Crippen molar-refractivity contribution >= 4 is 10.9 Å². The van der Waals surface area contributed by atoms with Gasteiger partial charge in [-0.2, -0.15) is 0 Å². The molecule has 1 heterocycles. The van der Waals surface area contributed by atoms with Gasteiger partial charge in [0.25, 0.3) is 0 Å². The van der Waals surface area contributed by atoms with Gasteiger partial charge in [-0.25, -0.2) is 0 Å². The van der Waals surface area contributed by atoms with Crippen LogP contribution in [-0.2, 0) is 22.6 Å². The van der Waals surface area contributed by atoms with Crippen LogP contribution >= 0.6 is 0 Å². The summed E-state index contributed by atoms with van der Waals surface area (Å²) in [7, 11) is 0. The van der Waals surface area contributed by atoms with Gasteiger partial charge in [0.1, 0.15) is 0 Å². The fourth-order valence-corrected chi connectivity index (χ4v) is 2.19. The lowest BCUT2D eigenvalue weighted by atomic mass is 10.2. The van der Waals surface area contributed by atoms with Gasteiger partial charge in [0.2, 0.25) is 0 Å². The highest BCUT2D eigenvalue weighted by Crippen LogP contribution is 2.18. The number of benzene rings is 1. The molecule has 1 aromatic heterocycles. The van der Waals surface area contributed by atoms with Crippen LogP contribution < -0.4 is 0 Å². The van der Waals surface area contributed by atoms with Gasteiger partial charge in [-0.3, -0.25) is 0 Å². The number of rotatable bonds is 7. The van der Waals surface area contributed by atoms with Gasteiger partial charge < -0.3 is 19.1 Å². The third kappa shape index (κ3) is 3.35. The Bertz CT molecular complexity index is 515. The zero-order valence-electron chi connectivity index (χ0n) is 11.5. The van der Waals surface area contributed by atoms with Gasteiger partial charge in [-0.05, 0) is 43.0 Å². The van der Waals surface area contributed by atoms with E-state index < -0.39 is 0 Å². The number of nitrogens with zero attached hydrogens (tertiary/aromatic N) is 1. The first-order chi connectivity index (χ1) is 9.28. The van der Waals surface area contributed by atoms with Gasteiger partial charge >= 0.3 is 0 Å². The summed E-state index contributed by atoms with van der Waals surface area (Å²) in [5, 5.41) is 10.3. The second kappa shape index (κ2) is 6.70. The second-order valence-corrected chi connectivity index (χ2v) is 4.36. The molecule has 2 rings (SSSR count). The largest absolute Gasteiger partial charge is 0.392 e. The van der Waals surface area contributed by atoms with E-state index in [4.69, 9.17) is 14.6 Å². The Morgan fingerprint density at radius 3 is 2.53 bits per heavy atom. The normalized spacial score (nSPS) is 11.6. The molecule has 1 N–H and O–H groups in total. The average molecular weight is 263 g/mol. The van der Waals surface area contributed by atoms with Crippen molar-refractivity contribution < 1.29 is 14.6 Å². The molecular formula is C15H21NO3. The first-order valence-corrected chi connectivity index (χ1v) is 6.70. The minimum Gasteiger partial charge on any atom is -0.392 e. The van der Waals surface area contributed by atoms with Crippen LogP contribution in [0.2, 0.25) is 0 Å². The maximum Gasteiger partial charge on any atom is 0.175 e. The lowest BCUT2D eigenvalue weighted by Gasteiger charge is -2.18.